The standard InChI is InChI=1S/C18H18N2O3/c21-18(15-3-4-16-17(9-15)23-12-22-16)20-7-5-14(11-20)8-13-2-1-6-19-10-13/h1-4,6,9-10,14H,5,7-8,11-12H2. The quantitative estimate of drug-likeness (QED) is 0.874. The van der Waals surface area contributed by atoms with Gasteiger partial charge >= 0.3 is 0 Å². The predicted octanol–water partition coefficient (Wildman–Crippen LogP) is 2.52. The molecule has 1 fully saturated rings. The van der Waals surface area contributed by atoms with Gasteiger partial charge in [0.2, 0.25) is 6.79 Å². The van der Waals surface area contributed by atoms with Gasteiger partial charge < -0.3 is 14.4 Å². The zero-order chi connectivity index (χ0) is 15.6. The summed E-state index contributed by atoms with van der Waals surface area (Å²) in [6, 6.07) is 9.44. The maximum absolute atomic E-state index is 12.7. The molecule has 0 bridgehead atoms. The van der Waals surface area contributed by atoms with Crippen LogP contribution in [0.4, 0.5) is 0 Å². The van der Waals surface area contributed by atoms with Crippen LogP contribution < -0.4 is 9.47 Å². The van der Waals surface area contributed by atoms with Crippen molar-refractivity contribution in [2.75, 3.05) is 19.9 Å². The van der Waals surface area contributed by atoms with Crippen LogP contribution in [0.2, 0.25) is 0 Å². The summed E-state index contributed by atoms with van der Waals surface area (Å²) in [7, 11) is 0. The zero-order valence-electron chi connectivity index (χ0n) is 12.8. The number of rotatable bonds is 3. The normalized spacial score (nSPS) is 19.1. The number of likely N-dealkylation sites (tertiary alicyclic amines) is 1. The number of pyridine rings is 1. The second-order valence-corrected chi connectivity index (χ2v) is 6.04. The lowest BCUT2D eigenvalue weighted by molar-refractivity contribution is 0.0786. The molecule has 1 saturated heterocycles. The Kier molecular flexibility index (Phi) is 3.61. The molecule has 1 aromatic heterocycles. The third-order valence-electron chi connectivity index (χ3n) is 4.44. The molecule has 23 heavy (non-hydrogen) atoms. The van der Waals surface area contributed by atoms with Crippen molar-refractivity contribution in [3.05, 3.63) is 53.9 Å². The number of carbonyl (C=O) groups is 1. The molecule has 1 unspecified atom stereocenters. The van der Waals surface area contributed by atoms with Crippen molar-refractivity contribution in [3.8, 4) is 11.5 Å². The van der Waals surface area contributed by atoms with E-state index in [-0.39, 0.29) is 12.7 Å². The van der Waals surface area contributed by atoms with Gasteiger partial charge in [0.05, 0.1) is 0 Å². The fourth-order valence-electron chi connectivity index (χ4n) is 3.25. The Morgan fingerprint density at radius 3 is 3.04 bits per heavy atom. The summed E-state index contributed by atoms with van der Waals surface area (Å²) >= 11 is 0. The van der Waals surface area contributed by atoms with Gasteiger partial charge in [-0.1, -0.05) is 6.07 Å². The van der Waals surface area contributed by atoms with E-state index in [0.29, 0.717) is 23.0 Å². The Labute approximate surface area is 134 Å². The summed E-state index contributed by atoms with van der Waals surface area (Å²) in [6.45, 7) is 1.82. The van der Waals surface area contributed by atoms with Crippen molar-refractivity contribution in [3.63, 3.8) is 0 Å². The highest BCUT2D eigenvalue weighted by Crippen LogP contribution is 2.33. The molecule has 0 aliphatic carbocycles. The van der Waals surface area contributed by atoms with Crippen molar-refractivity contribution in [1.82, 2.24) is 9.88 Å². The number of benzene rings is 1. The summed E-state index contributed by atoms with van der Waals surface area (Å²) < 4.78 is 10.6. The first-order chi connectivity index (χ1) is 11.3. The number of carbonyl (C=O) groups excluding carboxylic acids is 1. The topological polar surface area (TPSA) is 51.7 Å². The monoisotopic (exact) mass is 310 g/mol. The predicted molar refractivity (Wildman–Crippen MR) is 84.5 cm³/mol. The Morgan fingerprint density at radius 2 is 2.17 bits per heavy atom. The molecule has 118 valence electrons. The number of hydrogen-bond donors (Lipinski definition) is 0. The molecule has 5 nitrogen and oxygen atoms in total. The molecule has 1 amide bonds. The molecule has 2 aliphatic heterocycles. The van der Waals surface area contributed by atoms with E-state index in [1.54, 1.807) is 18.3 Å². The van der Waals surface area contributed by atoms with E-state index >= 15 is 0 Å². The van der Waals surface area contributed by atoms with Gasteiger partial charge in [-0.2, -0.15) is 0 Å². The molecule has 0 saturated carbocycles. The van der Waals surface area contributed by atoms with E-state index in [0.717, 1.165) is 25.9 Å². The Morgan fingerprint density at radius 1 is 1.26 bits per heavy atom. The molecule has 3 heterocycles. The van der Waals surface area contributed by atoms with Gasteiger partial charge in [-0.25, -0.2) is 0 Å². The number of aromatic nitrogens is 1. The lowest BCUT2D eigenvalue weighted by atomic mass is 10.00. The second-order valence-electron chi connectivity index (χ2n) is 6.04. The minimum Gasteiger partial charge on any atom is -0.454 e. The van der Waals surface area contributed by atoms with Crippen molar-refractivity contribution in [2.24, 2.45) is 5.92 Å². The van der Waals surface area contributed by atoms with Crippen LogP contribution in [-0.4, -0.2) is 35.7 Å². The molecule has 0 radical (unpaired) electrons. The first kappa shape index (κ1) is 14.1. The average molecular weight is 310 g/mol. The van der Waals surface area contributed by atoms with Crippen molar-refractivity contribution >= 4 is 5.91 Å². The lowest BCUT2D eigenvalue weighted by Crippen LogP contribution is -2.28. The van der Waals surface area contributed by atoms with Crippen molar-refractivity contribution < 1.29 is 14.3 Å². The van der Waals surface area contributed by atoms with Gasteiger partial charge in [-0.15, -0.1) is 0 Å². The number of nitrogens with zero attached hydrogens (tertiary/aromatic N) is 2. The lowest BCUT2D eigenvalue weighted by Gasteiger charge is -2.17. The van der Waals surface area contributed by atoms with Crippen LogP contribution in [0.3, 0.4) is 0 Å². The number of fused-ring (bicyclic) bond motifs is 1. The van der Waals surface area contributed by atoms with Gasteiger partial charge in [-0.3, -0.25) is 9.78 Å². The Balaban J connectivity index is 1.42. The van der Waals surface area contributed by atoms with Gasteiger partial charge in [0, 0.05) is 31.0 Å². The van der Waals surface area contributed by atoms with Crippen LogP contribution in [-0.2, 0) is 6.42 Å². The van der Waals surface area contributed by atoms with Crippen molar-refractivity contribution in [1.29, 1.82) is 0 Å². The maximum Gasteiger partial charge on any atom is 0.254 e. The van der Waals surface area contributed by atoms with E-state index in [2.05, 4.69) is 11.1 Å². The van der Waals surface area contributed by atoms with Crippen LogP contribution in [0.25, 0.3) is 0 Å². The third-order valence-corrected chi connectivity index (χ3v) is 4.44. The van der Waals surface area contributed by atoms with Crippen LogP contribution in [0.15, 0.2) is 42.7 Å². The van der Waals surface area contributed by atoms with E-state index in [1.807, 2.05) is 23.2 Å². The Hall–Kier alpha value is -2.56. The van der Waals surface area contributed by atoms with Gasteiger partial charge in [0.1, 0.15) is 0 Å². The molecule has 0 N–H and O–H groups in total. The molecule has 1 aromatic carbocycles. The highest BCUT2D eigenvalue weighted by atomic mass is 16.7. The number of ether oxygens (including phenoxy) is 2. The molecular formula is C18H18N2O3. The summed E-state index contributed by atoms with van der Waals surface area (Å²) in [5.41, 5.74) is 1.89. The fourth-order valence-corrected chi connectivity index (χ4v) is 3.25. The van der Waals surface area contributed by atoms with E-state index < -0.39 is 0 Å². The van der Waals surface area contributed by atoms with Gasteiger partial charge in [0.15, 0.2) is 11.5 Å². The average Bonchev–Trinajstić information content (AvgIpc) is 3.23. The summed E-state index contributed by atoms with van der Waals surface area (Å²) in [5.74, 6) is 1.92. The molecule has 5 heteroatoms. The summed E-state index contributed by atoms with van der Waals surface area (Å²) in [4.78, 5) is 18.7. The Bertz CT molecular complexity index is 717. The fraction of sp³-hybridized carbons (Fsp3) is 0.333. The van der Waals surface area contributed by atoms with E-state index in [1.165, 1.54) is 5.56 Å². The van der Waals surface area contributed by atoms with Crippen LogP contribution in [0.1, 0.15) is 22.3 Å². The zero-order valence-corrected chi connectivity index (χ0v) is 12.8. The molecule has 1 atom stereocenters. The third kappa shape index (κ3) is 2.86. The molecule has 4 rings (SSSR count). The minimum absolute atomic E-state index is 0.0667. The minimum atomic E-state index is 0.0667. The second kappa shape index (κ2) is 5.91. The molecule has 2 aliphatic rings. The molecule has 2 aromatic rings. The summed E-state index contributed by atoms with van der Waals surface area (Å²) in [5, 5.41) is 0. The highest BCUT2D eigenvalue weighted by molar-refractivity contribution is 5.95. The number of hydrogen-bond acceptors (Lipinski definition) is 4. The molecule has 0 spiro atoms. The SMILES string of the molecule is O=C(c1ccc2c(c1)OCO2)N1CCC(Cc2cccnc2)C1. The first-order valence-electron chi connectivity index (χ1n) is 7.87. The van der Waals surface area contributed by atoms with E-state index in [4.69, 9.17) is 9.47 Å². The van der Waals surface area contributed by atoms with Gasteiger partial charge in [-0.05, 0) is 48.6 Å². The summed E-state index contributed by atoms with van der Waals surface area (Å²) in [6.07, 6.45) is 5.69. The van der Waals surface area contributed by atoms with Crippen molar-refractivity contribution in [2.45, 2.75) is 12.8 Å². The van der Waals surface area contributed by atoms with Crippen LogP contribution >= 0.6 is 0 Å². The largest absolute Gasteiger partial charge is 0.454 e. The first-order valence-corrected chi connectivity index (χ1v) is 7.87. The smallest absolute Gasteiger partial charge is 0.254 e. The number of amides is 1. The van der Waals surface area contributed by atoms with Crippen LogP contribution in [0.5, 0.6) is 11.5 Å². The maximum atomic E-state index is 12.7. The highest BCUT2D eigenvalue weighted by Gasteiger charge is 2.28. The molecular weight excluding hydrogens is 292 g/mol. The van der Waals surface area contributed by atoms with E-state index in [9.17, 15) is 4.79 Å². The van der Waals surface area contributed by atoms with Crippen LogP contribution in [0, 0.1) is 5.92 Å². The van der Waals surface area contributed by atoms with Gasteiger partial charge in [0.25, 0.3) is 5.91 Å².